The molecule has 0 spiro atoms. The van der Waals surface area contributed by atoms with Gasteiger partial charge in [-0.2, -0.15) is 0 Å². The van der Waals surface area contributed by atoms with E-state index in [0.29, 0.717) is 11.3 Å². The van der Waals surface area contributed by atoms with Crippen molar-refractivity contribution in [2.45, 2.75) is 25.3 Å². The topological polar surface area (TPSA) is 50.3 Å². The van der Waals surface area contributed by atoms with Crippen LogP contribution in [0.2, 0.25) is 0 Å². The van der Waals surface area contributed by atoms with E-state index >= 15 is 0 Å². The third kappa shape index (κ3) is 3.76. The highest BCUT2D eigenvalue weighted by atomic mass is 32.2. The maximum absolute atomic E-state index is 14.3. The first-order valence-corrected chi connectivity index (χ1v) is 10.0. The fraction of sp³-hybridized carbons (Fsp3) is 0.167. The van der Waals surface area contributed by atoms with Crippen LogP contribution in [0.15, 0.2) is 52.7 Å². The zero-order valence-corrected chi connectivity index (χ0v) is 15.7. The first-order valence-electron chi connectivity index (χ1n) is 7.73. The third-order valence-electron chi connectivity index (χ3n) is 3.74. The minimum Gasteiger partial charge on any atom is -0.260 e. The lowest BCUT2D eigenvalue weighted by Gasteiger charge is -2.24. The van der Waals surface area contributed by atoms with Crippen molar-refractivity contribution in [3.8, 4) is 0 Å². The molecule has 3 aromatic rings. The number of aryl methyl sites for hydroxylation is 2. The summed E-state index contributed by atoms with van der Waals surface area (Å²) < 4.78 is 54.9. The molecule has 0 aliphatic rings. The molecule has 0 amide bonds. The van der Waals surface area contributed by atoms with E-state index in [4.69, 9.17) is 0 Å². The van der Waals surface area contributed by atoms with Gasteiger partial charge in [-0.1, -0.05) is 6.07 Å². The summed E-state index contributed by atoms with van der Waals surface area (Å²) in [5, 5.41) is 2.53. The molecule has 0 N–H and O–H groups in total. The lowest BCUT2D eigenvalue weighted by molar-refractivity contribution is 0.562. The second kappa shape index (κ2) is 7.13. The van der Waals surface area contributed by atoms with Gasteiger partial charge in [0.1, 0.15) is 16.5 Å². The normalized spacial score (nSPS) is 11.5. The highest BCUT2D eigenvalue weighted by molar-refractivity contribution is 7.92. The predicted molar refractivity (Wildman–Crippen MR) is 97.8 cm³/mol. The predicted octanol–water partition coefficient (Wildman–Crippen LogP) is 4.43. The zero-order chi connectivity index (χ0) is 18.9. The molecule has 1 aromatic heterocycles. The number of aromatic nitrogens is 1. The molecule has 1 heterocycles. The Morgan fingerprint density at radius 2 is 1.77 bits per heavy atom. The van der Waals surface area contributed by atoms with Gasteiger partial charge in [0.15, 0.2) is 0 Å². The first-order chi connectivity index (χ1) is 12.3. The molecular weight excluding hydrogens is 378 g/mol. The largest absolute Gasteiger partial charge is 0.267 e. The molecule has 0 atom stereocenters. The Morgan fingerprint density at radius 1 is 1.08 bits per heavy atom. The highest BCUT2D eigenvalue weighted by Crippen LogP contribution is 2.28. The highest BCUT2D eigenvalue weighted by Gasteiger charge is 2.29. The van der Waals surface area contributed by atoms with Gasteiger partial charge < -0.3 is 0 Å². The monoisotopic (exact) mass is 394 g/mol. The van der Waals surface area contributed by atoms with Gasteiger partial charge in [-0.05, 0) is 55.8 Å². The van der Waals surface area contributed by atoms with Crippen LogP contribution in [0.4, 0.5) is 14.5 Å². The van der Waals surface area contributed by atoms with Crippen molar-refractivity contribution < 1.29 is 17.2 Å². The Hall–Kier alpha value is -2.32. The number of thiazole rings is 1. The van der Waals surface area contributed by atoms with Crippen molar-refractivity contribution >= 4 is 27.0 Å². The average molecular weight is 394 g/mol. The summed E-state index contributed by atoms with van der Waals surface area (Å²) in [6.07, 6.45) is 0. The van der Waals surface area contributed by atoms with E-state index in [1.165, 1.54) is 35.6 Å². The van der Waals surface area contributed by atoms with Crippen molar-refractivity contribution in [3.05, 3.63) is 75.7 Å². The molecule has 0 aliphatic heterocycles. The van der Waals surface area contributed by atoms with Gasteiger partial charge >= 0.3 is 0 Å². The quantitative estimate of drug-likeness (QED) is 0.643. The van der Waals surface area contributed by atoms with Crippen LogP contribution in [0.1, 0.15) is 16.3 Å². The number of hydrogen-bond acceptors (Lipinski definition) is 4. The van der Waals surface area contributed by atoms with E-state index < -0.39 is 26.6 Å². The lowest BCUT2D eigenvalue weighted by atomic mass is 10.2. The zero-order valence-electron chi connectivity index (χ0n) is 14.1. The second-order valence-corrected chi connectivity index (χ2v) is 8.67. The molecule has 0 saturated heterocycles. The van der Waals surface area contributed by atoms with Crippen molar-refractivity contribution in [3.63, 3.8) is 0 Å². The average Bonchev–Trinajstić information content (AvgIpc) is 3.01. The van der Waals surface area contributed by atoms with Crippen LogP contribution >= 0.6 is 11.3 Å². The molecule has 26 heavy (non-hydrogen) atoms. The van der Waals surface area contributed by atoms with Gasteiger partial charge in [-0.25, -0.2) is 22.2 Å². The Labute approximate surface area is 154 Å². The van der Waals surface area contributed by atoms with E-state index in [-0.39, 0.29) is 12.2 Å². The van der Waals surface area contributed by atoms with Gasteiger partial charge in [0.25, 0.3) is 10.0 Å². The number of hydrogen-bond donors (Lipinski definition) is 0. The first kappa shape index (κ1) is 18.5. The molecule has 4 nitrogen and oxygen atoms in total. The molecule has 3 rings (SSSR count). The van der Waals surface area contributed by atoms with Crippen molar-refractivity contribution in [1.29, 1.82) is 0 Å². The van der Waals surface area contributed by atoms with Crippen molar-refractivity contribution in [2.24, 2.45) is 0 Å². The van der Waals surface area contributed by atoms with E-state index in [0.717, 1.165) is 27.5 Å². The summed E-state index contributed by atoms with van der Waals surface area (Å²) in [5.74, 6) is -1.32. The van der Waals surface area contributed by atoms with E-state index in [1.54, 1.807) is 12.3 Å². The van der Waals surface area contributed by atoms with Gasteiger partial charge in [0, 0.05) is 5.38 Å². The standard InChI is InChI=1S/C18H16F2N2O2S2/c1-12-3-8-17(20)18(9-12)26(23,24)22(10-15-11-25-13(2)21-15)16-6-4-14(19)5-7-16/h3-9,11H,10H2,1-2H3. The minimum atomic E-state index is -4.21. The van der Waals surface area contributed by atoms with Crippen LogP contribution in [-0.2, 0) is 16.6 Å². The summed E-state index contributed by atoms with van der Waals surface area (Å²) in [6.45, 7) is 3.42. The van der Waals surface area contributed by atoms with Crippen LogP contribution in [0.3, 0.4) is 0 Å². The molecule has 0 saturated carbocycles. The molecule has 2 aromatic carbocycles. The summed E-state index contributed by atoms with van der Waals surface area (Å²) in [6, 6.07) is 8.93. The summed E-state index contributed by atoms with van der Waals surface area (Å²) >= 11 is 1.39. The molecule has 0 unspecified atom stereocenters. The SMILES string of the molecule is Cc1ccc(F)c(S(=O)(=O)N(Cc2csc(C)n2)c2ccc(F)cc2)c1. The molecule has 0 aliphatic carbocycles. The third-order valence-corrected chi connectivity index (χ3v) is 6.35. The van der Waals surface area contributed by atoms with Gasteiger partial charge in [-0.15, -0.1) is 11.3 Å². The molecule has 8 heteroatoms. The summed E-state index contributed by atoms with van der Waals surface area (Å²) in [4.78, 5) is 3.86. The lowest BCUT2D eigenvalue weighted by Crippen LogP contribution is -2.31. The number of benzene rings is 2. The van der Waals surface area contributed by atoms with E-state index in [9.17, 15) is 17.2 Å². The van der Waals surface area contributed by atoms with Crippen LogP contribution in [-0.4, -0.2) is 13.4 Å². The smallest absolute Gasteiger partial charge is 0.260 e. The van der Waals surface area contributed by atoms with Gasteiger partial charge in [-0.3, -0.25) is 4.31 Å². The number of nitrogens with zero attached hydrogens (tertiary/aromatic N) is 2. The number of anilines is 1. The van der Waals surface area contributed by atoms with Crippen LogP contribution < -0.4 is 4.31 Å². The number of halogens is 2. The van der Waals surface area contributed by atoms with Crippen LogP contribution in [0.25, 0.3) is 0 Å². The Bertz CT molecular complexity index is 1030. The molecule has 0 bridgehead atoms. The fourth-order valence-electron chi connectivity index (χ4n) is 2.48. The van der Waals surface area contributed by atoms with E-state index in [1.807, 2.05) is 6.92 Å². The fourth-order valence-corrected chi connectivity index (χ4v) is 4.67. The molecular formula is C18H16F2N2O2S2. The second-order valence-electron chi connectivity index (χ2n) is 5.78. The molecule has 0 radical (unpaired) electrons. The van der Waals surface area contributed by atoms with E-state index in [2.05, 4.69) is 4.98 Å². The maximum Gasteiger partial charge on any atom is 0.267 e. The molecule has 136 valence electrons. The van der Waals surface area contributed by atoms with Crippen molar-refractivity contribution in [2.75, 3.05) is 4.31 Å². The number of sulfonamides is 1. The summed E-state index contributed by atoms with van der Waals surface area (Å²) in [7, 11) is -4.21. The number of rotatable bonds is 5. The minimum absolute atomic E-state index is 0.0777. The van der Waals surface area contributed by atoms with Crippen LogP contribution in [0.5, 0.6) is 0 Å². The van der Waals surface area contributed by atoms with Gasteiger partial charge in [0.05, 0.1) is 22.9 Å². The summed E-state index contributed by atoms with van der Waals surface area (Å²) in [5.41, 5.74) is 1.39. The Balaban J connectivity index is 2.12. The van der Waals surface area contributed by atoms with Gasteiger partial charge in [0.2, 0.25) is 0 Å². The van der Waals surface area contributed by atoms with Crippen molar-refractivity contribution in [1.82, 2.24) is 4.98 Å². The Morgan fingerprint density at radius 3 is 2.38 bits per heavy atom. The van der Waals surface area contributed by atoms with Crippen LogP contribution in [0, 0.1) is 25.5 Å². The Kier molecular flexibility index (Phi) is 5.06. The maximum atomic E-state index is 14.3. The molecule has 0 fully saturated rings.